The number of unbranched alkanes of at least 4 members (excludes halogenated alkanes) is 1. The summed E-state index contributed by atoms with van der Waals surface area (Å²) in [4.78, 5) is 10.1. The van der Waals surface area contributed by atoms with Gasteiger partial charge in [-0.1, -0.05) is 11.6 Å². The maximum absolute atomic E-state index is 10.1. The van der Waals surface area contributed by atoms with E-state index in [1.54, 1.807) is 0 Å². The standard InChI is InChI=1S/C10H18O3/c1-9(2)6-8-13-7-4-3-5-10(11)12/h6H,3-5,7-8H2,1-2H3,(H,11,12). The first-order valence-electron chi connectivity index (χ1n) is 4.56. The van der Waals surface area contributed by atoms with E-state index in [0.29, 0.717) is 19.6 Å². The lowest BCUT2D eigenvalue weighted by Crippen LogP contribution is -1.98. The number of allylic oxidation sites excluding steroid dienone is 1. The monoisotopic (exact) mass is 186 g/mol. The number of hydrogen-bond acceptors (Lipinski definition) is 2. The summed E-state index contributed by atoms with van der Waals surface area (Å²) in [5.41, 5.74) is 1.24. The summed E-state index contributed by atoms with van der Waals surface area (Å²) in [6, 6.07) is 0. The molecule has 0 aliphatic heterocycles. The first kappa shape index (κ1) is 12.2. The molecule has 0 bridgehead atoms. The number of aliphatic carboxylic acids is 1. The molecule has 0 unspecified atom stereocenters. The number of rotatable bonds is 7. The van der Waals surface area contributed by atoms with Gasteiger partial charge in [0.2, 0.25) is 0 Å². The third-order valence-electron chi connectivity index (χ3n) is 1.54. The highest BCUT2D eigenvalue weighted by atomic mass is 16.5. The van der Waals surface area contributed by atoms with Crippen molar-refractivity contribution in [1.29, 1.82) is 0 Å². The maximum Gasteiger partial charge on any atom is 0.303 e. The molecule has 0 heterocycles. The Balaban J connectivity index is 3.09. The van der Waals surface area contributed by atoms with Gasteiger partial charge in [0.05, 0.1) is 6.61 Å². The molecule has 0 saturated heterocycles. The van der Waals surface area contributed by atoms with Crippen LogP contribution in [0.5, 0.6) is 0 Å². The van der Waals surface area contributed by atoms with Gasteiger partial charge in [-0.05, 0) is 26.7 Å². The highest BCUT2D eigenvalue weighted by molar-refractivity contribution is 5.66. The Hall–Kier alpha value is -0.830. The van der Waals surface area contributed by atoms with Gasteiger partial charge in [0.15, 0.2) is 0 Å². The lowest BCUT2D eigenvalue weighted by atomic mass is 10.2. The van der Waals surface area contributed by atoms with E-state index in [-0.39, 0.29) is 6.42 Å². The molecule has 0 radical (unpaired) electrons. The Bertz CT molecular complexity index is 169. The van der Waals surface area contributed by atoms with Crippen molar-refractivity contribution in [1.82, 2.24) is 0 Å². The first-order valence-corrected chi connectivity index (χ1v) is 4.56. The predicted octanol–water partition coefficient (Wildman–Crippen LogP) is 2.22. The van der Waals surface area contributed by atoms with E-state index in [0.717, 1.165) is 6.42 Å². The number of carboxylic acid groups (broad SMARTS) is 1. The molecule has 0 fully saturated rings. The summed E-state index contributed by atoms with van der Waals surface area (Å²) < 4.78 is 5.26. The molecule has 0 aliphatic carbocycles. The van der Waals surface area contributed by atoms with Crippen LogP contribution in [-0.4, -0.2) is 24.3 Å². The number of carboxylic acids is 1. The van der Waals surface area contributed by atoms with Crippen molar-refractivity contribution in [2.75, 3.05) is 13.2 Å². The van der Waals surface area contributed by atoms with Crippen molar-refractivity contribution >= 4 is 5.97 Å². The van der Waals surface area contributed by atoms with Crippen molar-refractivity contribution in [3.63, 3.8) is 0 Å². The van der Waals surface area contributed by atoms with Gasteiger partial charge in [0.25, 0.3) is 0 Å². The fraction of sp³-hybridized carbons (Fsp3) is 0.700. The molecule has 0 aromatic carbocycles. The van der Waals surface area contributed by atoms with Gasteiger partial charge in [-0.3, -0.25) is 4.79 Å². The first-order chi connectivity index (χ1) is 6.13. The number of hydrogen-bond donors (Lipinski definition) is 1. The molecule has 0 aromatic heterocycles. The predicted molar refractivity (Wildman–Crippen MR) is 51.7 cm³/mol. The van der Waals surface area contributed by atoms with Gasteiger partial charge in [-0.25, -0.2) is 0 Å². The summed E-state index contributed by atoms with van der Waals surface area (Å²) in [7, 11) is 0. The molecule has 0 aromatic rings. The van der Waals surface area contributed by atoms with Crippen LogP contribution in [0.3, 0.4) is 0 Å². The minimum atomic E-state index is -0.732. The van der Waals surface area contributed by atoms with Crippen LogP contribution in [0.1, 0.15) is 33.1 Å². The van der Waals surface area contributed by atoms with Gasteiger partial charge in [-0.2, -0.15) is 0 Å². The molecule has 13 heavy (non-hydrogen) atoms. The van der Waals surface area contributed by atoms with Crippen LogP contribution in [0.25, 0.3) is 0 Å². The fourth-order valence-corrected chi connectivity index (χ4v) is 0.789. The summed E-state index contributed by atoms with van der Waals surface area (Å²) in [6.07, 6.45) is 3.77. The number of ether oxygens (including phenoxy) is 1. The summed E-state index contributed by atoms with van der Waals surface area (Å²) in [6.45, 7) is 5.33. The zero-order valence-corrected chi connectivity index (χ0v) is 8.38. The molecule has 0 saturated carbocycles. The third kappa shape index (κ3) is 11.2. The molecule has 3 heteroatoms. The number of carbonyl (C=O) groups is 1. The second-order valence-corrected chi connectivity index (χ2v) is 3.21. The average molecular weight is 186 g/mol. The Labute approximate surface area is 79.4 Å². The zero-order valence-electron chi connectivity index (χ0n) is 8.38. The smallest absolute Gasteiger partial charge is 0.303 e. The molecule has 0 rings (SSSR count). The van der Waals surface area contributed by atoms with Crippen LogP contribution in [0, 0.1) is 0 Å². The molecule has 0 spiro atoms. The highest BCUT2D eigenvalue weighted by Gasteiger charge is 1.95. The minimum Gasteiger partial charge on any atom is -0.481 e. The van der Waals surface area contributed by atoms with Crippen molar-refractivity contribution in [3.05, 3.63) is 11.6 Å². The van der Waals surface area contributed by atoms with Crippen LogP contribution in [-0.2, 0) is 9.53 Å². The molecule has 0 amide bonds. The second-order valence-electron chi connectivity index (χ2n) is 3.21. The second kappa shape index (κ2) is 7.80. The lowest BCUT2D eigenvalue weighted by Gasteiger charge is -1.99. The van der Waals surface area contributed by atoms with Crippen LogP contribution >= 0.6 is 0 Å². The van der Waals surface area contributed by atoms with E-state index >= 15 is 0 Å². The molecule has 3 nitrogen and oxygen atoms in total. The van der Waals surface area contributed by atoms with Gasteiger partial charge in [-0.15, -0.1) is 0 Å². The molecule has 0 aliphatic rings. The normalized spacial score (nSPS) is 9.69. The van der Waals surface area contributed by atoms with E-state index in [4.69, 9.17) is 9.84 Å². The molecular formula is C10H18O3. The molecule has 76 valence electrons. The Morgan fingerprint density at radius 1 is 1.38 bits per heavy atom. The largest absolute Gasteiger partial charge is 0.481 e. The topological polar surface area (TPSA) is 46.5 Å². The summed E-state index contributed by atoms with van der Waals surface area (Å²) >= 11 is 0. The minimum absolute atomic E-state index is 0.242. The third-order valence-corrected chi connectivity index (χ3v) is 1.54. The van der Waals surface area contributed by atoms with Crippen LogP contribution in [0.15, 0.2) is 11.6 Å². The Kier molecular flexibility index (Phi) is 7.30. The molecule has 1 N–H and O–H groups in total. The van der Waals surface area contributed by atoms with Gasteiger partial charge in [0.1, 0.15) is 0 Å². The van der Waals surface area contributed by atoms with E-state index in [1.165, 1.54) is 5.57 Å². The van der Waals surface area contributed by atoms with Crippen LogP contribution < -0.4 is 0 Å². The van der Waals surface area contributed by atoms with Gasteiger partial charge < -0.3 is 9.84 Å². The van der Waals surface area contributed by atoms with Gasteiger partial charge in [0, 0.05) is 13.0 Å². The fourth-order valence-electron chi connectivity index (χ4n) is 0.789. The molecule has 0 atom stereocenters. The quantitative estimate of drug-likeness (QED) is 0.490. The van der Waals surface area contributed by atoms with Crippen LogP contribution in [0.4, 0.5) is 0 Å². The maximum atomic E-state index is 10.1. The van der Waals surface area contributed by atoms with Crippen LogP contribution in [0.2, 0.25) is 0 Å². The highest BCUT2D eigenvalue weighted by Crippen LogP contribution is 1.96. The van der Waals surface area contributed by atoms with E-state index < -0.39 is 5.97 Å². The van der Waals surface area contributed by atoms with Crippen molar-refractivity contribution in [2.45, 2.75) is 33.1 Å². The van der Waals surface area contributed by atoms with E-state index in [2.05, 4.69) is 0 Å². The average Bonchev–Trinajstić information content (AvgIpc) is 2.01. The van der Waals surface area contributed by atoms with Gasteiger partial charge >= 0.3 is 5.97 Å². The van der Waals surface area contributed by atoms with E-state index in [1.807, 2.05) is 19.9 Å². The SMILES string of the molecule is CC(C)=CCOCCCCC(=O)O. The van der Waals surface area contributed by atoms with E-state index in [9.17, 15) is 4.79 Å². The lowest BCUT2D eigenvalue weighted by molar-refractivity contribution is -0.137. The van der Waals surface area contributed by atoms with Crippen molar-refractivity contribution in [3.8, 4) is 0 Å². The summed E-state index contributed by atoms with van der Waals surface area (Å²) in [5.74, 6) is -0.732. The van der Waals surface area contributed by atoms with Crippen molar-refractivity contribution < 1.29 is 14.6 Å². The van der Waals surface area contributed by atoms with Crippen molar-refractivity contribution in [2.24, 2.45) is 0 Å². The molecular weight excluding hydrogens is 168 g/mol. The zero-order chi connectivity index (χ0) is 10.1. The Morgan fingerprint density at radius 2 is 2.08 bits per heavy atom. The Morgan fingerprint density at radius 3 is 2.62 bits per heavy atom. The summed E-state index contributed by atoms with van der Waals surface area (Å²) in [5, 5.41) is 8.34.